The first-order chi connectivity index (χ1) is 4.27. The fourth-order valence-electron chi connectivity index (χ4n) is 1.35. The smallest absolute Gasteiger partial charge is 0.183 e. The van der Waals surface area contributed by atoms with Crippen molar-refractivity contribution < 1.29 is 9.22 Å². The van der Waals surface area contributed by atoms with Crippen LogP contribution in [0.1, 0.15) is 13.3 Å². The van der Waals surface area contributed by atoms with Crippen LogP contribution in [-0.4, -0.2) is 38.0 Å². The summed E-state index contributed by atoms with van der Waals surface area (Å²) in [6, 6.07) is 0. The first-order valence-corrected chi connectivity index (χ1v) is 3.68. The zero-order valence-electron chi connectivity index (χ0n) is 6.39. The number of nitrogens with zero attached hydrogens (tertiary/aromatic N) is 1. The molecule has 0 spiro atoms. The molecule has 1 fully saturated rings. The molecule has 1 atom stereocenters. The number of hydrogen-bond acceptors (Lipinski definition) is 1. The van der Waals surface area contributed by atoms with Crippen LogP contribution in [0, 0.1) is 0 Å². The molecule has 2 heteroatoms. The second-order valence-electron chi connectivity index (χ2n) is 3.10. The summed E-state index contributed by atoms with van der Waals surface area (Å²) in [5.74, 6) is 0. The van der Waals surface area contributed by atoms with Crippen LogP contribution in [-0.2, 0) is 4.74 Å². The summed E-state index contributed by atoms with van der Waals surface area (Å²) in [7, 11) is 2.26. The number of quaternary nitrogens is 1. The minimum Gasteiger partial charge on any atom is -0.326 e. The van der Waals surface area contributed by atoms with Crippen molar-refractivity contribution in [1.29, 1.82) is 0 Å². The predicted molar refractivity (Wildman–Crippen MR) is 37.0 cm³/mol. The van der Waals surface area contributed by atoms with Gasteiger partial charge in [-0.05, 0) is 6.42 Å². The van der Waals surface area contributed by atoms with E-state index in [0.717, 1.165) is 17.8 Å². The molecule has 0 aromatic heterocycles. The van der Waals surface area contributed by atoms with Gasteiger partial charge in [0, 0.05) is 0 Å². The van der Waals surface area contributed by atoms with Gasteiger partial charge in [0.1, 0.15) is 13.2 Å². The fraction of sp³-hybridized carbons (Fsp3) is 1.00. The molecule has 9 heavy (non-hydrogen) atoms. The summed E-state index contributed by atoms with van der Waals surface area (Å²) >= 11 is 0. The molecule has 1 heterocycles. The molecule has 1 rings (SSSR count). The van der Waals surface area contributed by atoms with Crippen LogP contribution in [0.2, 0.25) is 0 Å². The second kappa shape index (κ2) is 2.67. The van der Waals surface area contributed by atoms with E-state index in [4.69, 9.17) is 4.74 Å². The zero-order chi connectivity index (χ0) is 6.74. The van der Waals surface area contributed by atoms with Crippen molar-refractivity contribution in [2.45, 2.75) is 13.3 Å². The van der Waals surface area contributed by atoms with Crippen LogP contribution < -0.4 is 0 Å². The van der Waals surface area contributed by atoms with Crippen molar-refractivity contribution in [1.82, 2.24) is 0 Å². The number of hydrogen-bond donors (Lipinski definition) is 0. The summed E-state index contributed by atoms with van der Waals surface area (Å²) < 4.78 is 6.41. The van der Waals surface area contributed by atoms with Crippen LogP contribution in [0.25, 0.3) is 0 Å². The Bertz CT molecular complexity index is 86.9. The lowest BCUT2D eigenvalue weighted by atomic mass is 10.4. The van der Waals surface area contributed by atoms with Crippen LogP contribution in [0.5, 0.6) is 0 Å². The lowest BCUT2D eigenvalue weighted by Gasteiger charge is -2.26. The highest BCUT2D eigenvalue weighted by Crippen LogP contribution is 2.09. The Morgan fingerprint density at radius 2 is 2.33 bits per heavy atom. The van der Waals surface area contributed by atoms with Gasteiger partial charge in [0.15, 0.2) is 6.73 Å². The Balaban J connectivity index is 2.32. The van der Waals surface area contributed by atoms with Crippen molar-refractivity contribution in [3.05, 3.63) is 0 Å². The third-order valence-corrected chi connectivity index (χ3v) is 1.94. The van der Waals surface area contributed by atoms with Gasteiger partial charge < -0.3 is 9.22 Å². The van der Waals surface area contributed by atoms with Crippen LogP contribution in [0.4, 0.5) is 0 Å². The molecule has 1 aliphatic rings. The number of rotatable bonds is 2. The minimum absolute atomic E-state index is 0.924. The van der Waals surface area contributed by atoms with E-state index in [9.17, 15) is 0 Å². The highest BCUT2D eigenvalue weighted by Gasteiger charge is 2.25. The Hall–Kier alpha value is -0.0800. The largest absolute Gasteiger partial charge is 0.326 e. The van der Waals surface area contributed by atoms with Gasteiger partial charge in [0.2, 0.25) is 0 Å². The zero-order valence-corrected chi connectivity index (χ0v) is 6.39. The molecule has 0 bridgehead atoms. The van der Waals surface area contributed by atoms with E-state index in [0.29, 0.717) is 0 Å². The van der Waals surface area contributed by atoms with Gasteiger partial charge in [-0.1, -0.05) is 6.92 Å². The van der Waals surface area contributed by atoms with Crippen LogP contribution >= 0.6 is 0 Å². The lowest BCUT2D eigenvalue weighted by Crippen LogP contribution is -2.41. The molecular weight excluding hydrogens is 114 g/mol. The Morgan fingerprint density at radius 3 is 2.78 bits per heavy atom. The van der Waals surface area contributed by atoms with Gasteiger partial charge in [-0.3, -0.25) is 0 Å². The Kier molecular flexibility index (Phi) is 2.09. The highest BCUT2D eigenvalue weighted by atomic mass is 16.5. The van der Waals surface area contributed by atoms with E-state index in [1.165, 1.54) is 19.5 Å². The summed E-state index contributed by atoms with van der Waals surface area (Å²) in [6.07, 6.45) is 1.26. The molecule has 1 saturated heterocycles. The molecule has 0 amide bonds. The molecular formula is C7H16NO+. The first-order valence-electron chi connectivity index (χ1n) is 3.68. The predicted octanol–water partition coefficient (Wildman–Crippen LogP) is 0.831. The van der Waals surface area contributed by atoms with Crippen LogP contribution in [0.3, 0.4) is 0 Å². The highest BCUT2D eigenvalue weighted by molar-refractivity contribution is 4.40. The van der Waals surface area contributed by atoms with E-state index in [-0.39, 0.29) is 0 Å². The molecule has 0 N–H and O–H groups in total. The molecule has 2 nitrogen and oxygen atoms in total. The van der Waals surface area contributed by atoms with Gasteiger partial charge in [-0.2, -0.15) is 0 Å². The van der Waals surface area contributed by atoms with Gasteiger partial charge in [0.05, 0.1) is 13.6 Å². The van der Waals surface area contributed by atoms with E-state index >= 15 is 0 Å². The maximum atomic E-state index is 5.28. The average Bonchev–Trinajstić information content (AvgIpc) is 2.16. The topological polar surface area (TPSA) is 9.23 Å². The second-order valence-corrected chi connectivity index (χ2v) is 3.10. The van der Waals surface area contributed by atoms with Gasteiger partial charge in [0.25, 0.3) is 0 Å². The molecule has 1 unspecified atom stereocenters. The minimum atomic E-state index is 0.924. The molecule has 54 valence electrons. The maximum Gasteiger partial charge on any atom is 0.183 e. The summed E-state index contributed by atoms with van der Waals surface area (Å²) in [5.41, 5.74) is 0. The molecule has 0 aromatic rings. The molecule has 0 aliphatic carbocycles. The lowest BCUT2D eigenvalue weighted by molar-refractivity contribution is -0.906. The van der Waals surface area contributed by atoms with E-state index in [2.05, 4.69) is 14.0 Å². The maximum absolute atomic E-state index is 5.28. The molecule has 0 aromatic carbocycles. The number of ether oxygens (including phenoxy) is 1. The van der Waals surface area contributed by atoms with E-state index in [1.54, 1.807) is 0 Å². The van der Waals surface area contributed by atoms with Gasteiger partial charge in [-0.25, -0.2) is 0 Å². The number of likely N-dealkylation sites (N-methyl/N-ethyl adjacent to an activating group) is 1. The van der Waals surface area contributed by atoms with Crippen molar-refractivity contribution in [2.75, 3.05) is 33.5 Å². The van der Waals surface area contributed by atoms with Crippen molar-refractivity contribution in [3.63, 3.8) is 0 Å². The standard InChI is InChI=1S/C7H16NO/c1-3-4-8(2)5-6-9-7-8/h3-7H2,1-2H3/q+1. The normalized spacial score (nSPS) is 35.3. The van der Waals surface area contributed by atoms with E-state index < -0.39 is 0 Å². The van der Waals surface area contributed by atoms with Crippen LogP contribution in [0.15, 0.2) is 0 Å². The molecule has 0 saturated carbocycles. The third-order valence-electron chi connectivity index (χ3n) is 1.94. The molecule has 0 radical (unpaired) electrons. The summed E-state index contributed by atoms with van der Waals surface area (Å²) in [6.45, 7) is 6.57. The quantitative estimate of drug-likeness (QED) is 0.503. The van der Waals surface area contributed by atoms with Crippen molar-refractivity contribution in [3.8, 4) is 0 Å². The summed E-state index contributed by atoms with van der Waals surface area (Å²) in [5, 5.41) is 0. The SMILES string of the molecule is CCC[N+]1(C)CCOC1. The molecule has 1 aliphatic heterocycles. The Morgan fingerprint density at radius 1 is 1.56 bits per heavy atom. The van der Waals surface area contributed by atoms with E-state index in [1.807, 2.05) is 0 Å². The van der Waals surface area contributed by atoms with Crippen molar-refractivity contribution >= 4 is 0 Å². The van der Waals surface area contributed by atoms with Gasteiger partial charge in [-0.15, -0.1) is 0 Å². The fourth-order valence-corrected chi connectivity index (χ4v) is 1.35. The third kappa shape index (κ3) is 1.66. The Labute approximate surface area is 57.0 Å². The monoisotopic (exact) mass is 130 g/mol. The summed E-state index contributed by atoms with van der Waals surface area (Å²) in [4.78, 5) is 0. The average molecular weight is 130 g/mol. The van der Waals surface area contributed by atoms with Gasteiger partial charge >= 0.3 is 0 Å². The first kappa shape index (κ1) is 7.03. The van der Waals surface area contributed by atoms with Crippen molar-refractivity contribution in [2.24, 2.45) is 0 Å².